The summed E-state index contributed by atoms with van der Waals surface area (Å²) in [5.74, 6) is 1.71. The Hall–Kier alpha value is -0.350. The minimum atomic E-state index is 0.552. The van der Waals surface area contributed by atoms with E-state index < -0.39 is 0 Å². The van der Waals surface area contributed by atoms with Crippen LogP contribution in [-0.4, -0.2) is 21.8 Å². The predicted molar refractivity (Wildman–Crippen MR) is 60.1 cm³/mol. The lowest BCUT2D eigenvalue weighted by Crippen LogP contribution is -2.32. The van der Waals surface area contributed by atoms with Crippen LogP contribution in [0.4, 0.5) is 5.82 Å². The van der Waals surface area contributed by atoms with Crippen molar-refractivity contribution >= 4 is 29.1 Å². The number of rotatable bonds is 4. The van der Waals surface area contributed by atoms with Gasteiger partial charge >= 0.3 is 0 Å². The number of aromatic nitrogens is 2. The van der Waals surface area contributed by atoms with Crippen LogP contribution in [0.5, 0.6) is 0 Å². The van der Waals surface area contributed by atoms with Gasteiger partial charge in [-0.15, -0.1) is 0 Å². The molecule has 0 aromatic carbocycles. The third-order valence-corrected chi connectivity index (χ3v) is 3.69. The van der Waals surface area contributed by atoms with Crippen LogP contribution in [-0.2, 0) is 0 Å². The Balaban J connectivity index is 2.01. The summed E-state index contributed by atoms with van der Waals surface area (Å²) in [5.41, 5.74) is 0. The molecule has 0 radical (unpaired) electrons. The van der Waals surface area contributed by atoms with Crippen LogP contribution in [0, 0.1) is 5.92 Å². The summed E-state index contributed by atoms with van der Waals surface area (Å²) in [5, 5.41) is 0.552. The van der Waals surface area contributed by atoms with Gasteiger partial charge in [0.15, 0.2) is 11.0 Å². The van der Waals surface area contributed by atoms with Crippen LogP contribution in [0.2, 0.25) is 5.15 Å². The maximum absolute atomic E-state index is 5.95. The molecule has 1 fully saturated rings. The van der Waals surface area contributed by atoms with Crippen LogP contribution < -0.4 is 4.90 Å². The molecule has 14 heavy (non-hydrogen) atoms. The van der Waals surface area contributed by atoms with Crippen LogP contribution in [0.3, 0.4) is 0 Å². The third-order valence-electron chi connectivity index (χ3n) is 2.82. The minimum absolute atomic E-state index is 0.552. The summed E-state index contributed by atoms with van der Waals surface area (Å²) in [6, 6.07) is 0. The van der Waals surface area contributed by atoms with Crippen molar-refractivity contribution in [3.63, 3.8) is 0 Å². The molecule has 1 saturated carbocycles. The molecular weight excluding hydrogens is 218 g/mol. The van der Waals surface area contributed by atoms with Crippen LogP contribution in [0.25, 0.3) is 0 Å². The summed E-state index contributed by atoms with van der Waals surface area (Å²) < 4.78 is 8.21. The van der Waals surface area contributed by atoms with Crippen molar-refractivity contribution in [2.75, 3.05) is 18.0 Å². The van der Waals surface area contributed by atoms with E-state index in [0.717, 1.165) is 24.8 Å². The highest BCUT2D eigenvalue weighted by molar-refractivity contribution is 6.99. The van der Waals surface area contributed by atoms with Gasteiger partial charge in [-0.1, -0.05) is 18.0 Å². The smallest absolute Gasteiger partial charge is 0.187 e. The van der Waals surface area contributed by atoms with E-state index >= 15 is 0 Å². The van der Waals surface area contributed by atoms with Gasteiger partial charge in [0.2, 0.25) is 0 Å². The van der Waals surface area contributed by atoms with Crippen molar-refractivity contribution in [1.82, 2.24) is 8.75 Å². The van der Waals surface area contributed by atoms with Gasteiger partial charge < -0.3 is 4.90 Å². The average Bonchev–Trinajstić information content (AvgIpc) is 2.51. The standard InChI is InChI=1S/C9H14ClN3S/c1-2-13(6-7-4-3-5-7)9-8(10)11-14-12-9/h7H,2-6H2,1H3. The summed E-state index contributed by atoms with van der Waals surface area (Å²) >= 11 is 7.14. The molecule has 0 spiro atoms. The van der Waals surface area contributed by atoms with Gasteiger partial charge in [-0.25, -0.2) is 0 Å². The summed E-state index contributed by atoms with van der Waals surface area (Å²) in [6.07, 6.45) is 4.09. The van der Waals surface area contributed by atoms with Gasteiger partial charge in [0.25, 0.3) is 0 Å². The fourth-order valence-electron chi connectivity index (χ4n) is 1.71. The number of halogens is 1. The normalized spacial score (nSPS) is 16.7. The zero-order valence-electron chi connectivity index (χ0n) is 8.24. The Morgan fingerprint density at radius 2 is 2.29 bits per heavy atom. The van der Waals surface area contributed by atoms with Gasteiger partial charge in [0.05, 0.1) is 11.7 Å². The van der Waals surface area contributed by atoms with Crippen LogP contribution in [0.1, 0.15) is 26.2 Å². The molecular formula is C9H14ClN3S. The molecule has 0 saturated heterocycles. The second-order valence-electron chi connectivity index (χ2n) is 3.71. The molecule has 1 aromatic rings. The summed E-state index contributed by atoms with van der Waals surface area (Å²) in [6.45, 7) is 4.18. The molecule has 1 aliphatic rings. The number of nitrogens with zero attached hydrogens (tertiary/aromatic N) is 3. The maximum atomic E-state index is 5.95. The maximum Gasteiger partial charge on any atom is 0.187 e. The van der Waals surface area contributed by atoms with Crippen molar-refractivity contribution in [2.24, 2.45) is 5.92 Å². The van der Waals surface area contributed by atoms with E-state index in [0.29, 0.717) is 5.15 Å². The zero-order valence-corrected chi connectivity index (χ0v) is 9.81. The van der Waals surface area contributed by atoms with E-state index in [1.165, 1.54) is 31.0 Å². The van der Waals surface area contributed by atoms with Crippen LogP contribution in [0.15, 0.2) is 0 Å². The number of hydrogen-bond donors (Lipinski definition) is 0. The first-order valence-electron chi connectivity index (χ1n) is 5.04. The molecule has 0 N–H and O–H groups in total. The fraction of sp³-hybridized carbons (Fsp3) is 0.778. The SMILES string of the molecule is CCN(CC1CCC1)c1nsnc1Cl. The Labute approximate surface area is 93.4 Å². The van der Waals surface area contributed by atoms with Crippen molar-refractivity contribution < 1.29 is 0 Å². The largest absolute Gasteiger partial charge is 0.353 e. The Morgan fingerprint density at radius 3 is 2.71 bits per heavy atom. The fourth-order valence-corrected chi connectivity index (χ4v) is 2.49. The molecule has 0 aliphatic heterocycles. The molecule has 0 atom stereocenters. The highest BCUT2D eigenvalue weighted by Gasteiger charge is 2.22. The van der Waals surface area contributed by atoms with E-state index in [4.69, 9.17) is 11.6 Å². The molecule has 0 bridgehead atoms. The summed E-state index contributed by atoms with van der Waals surface area (Å²) in [7, 11) is 0. The van der Waals surface area contributed by atoms with Crippen molar-refractivity contribution in [1.29, 1.82) is 0 Å². The highest BCUT2D eigenvalue weighted by Crippen LogP contribution is 2.30. The van der Waals surface area contributed by atoms with E-state index in [1.54, 1.807) is 0 Å². The lowest BCUT2D eigenvalue weighted by atomic mass is 9.85. The molecule has 1 aliphatic carbocycles. The number of anilines is 1. The summed E-state index contributed by atoms with van der Waals surface area (Å²) in [4.78, 5) is 2.23. The topological polar surface area (TPSA) is 29.0 Å². The van der Waals surface area contributed by atoms with Crippen molar-refractivity contribution in [2.45, 2.75) is 26.2 Å². The molecule has 1 heterocycles. The van der Waals surface area contributed by atoms with Crippen LogP contribution >= 0.6 is 23.3 Å². The van der Waals surface area contributed by atoms with Gasteiger partial charge in [0.1, 0.15) is 0 Å². The van der Waals surface area contributed by atoms with Crippen molar-refractivity contribution in [3.8, 4) is 0 Å². The predicted octanol–water partition coefficient (Wildman–Crippen LogP) is 2.82. The molecule has 78 valence electrons. The third kappa shape index (κ3) is 2.01. The van der Waals surface area contributed by atoms with E-state index in [1.807, 2.05) is 0 Å². The molecule has 5 heteroatoms. The van der Waals surface area contributed by atoms with Gasteiger partial charge in [-0.2, -0.15) is 8.75 Å². The lowest BCUT2D eigenvalue weighted by molar-refractivity contribution is 0.318. The van der Waals surface area contributed by atoms with E-state index in [2.05, 4.69) is 20.6 Å². The molecule has 0 unspecified atom stereocenters. The molecule has 2 rings (SSSR count). The average molecular weight is 232 g/mol. The quantitative estimate of drug-likeness (QED) is 0.798. The Morgan fingerprint density at radius 1 is 1.50 bits per heavy atom. The molecule has 3 nitrogen and oxygen atoms in total. The second kappa shape index (κ2) is 4.45. The first-order chi connectivity index (χ1) is 6.81. The Kier molecular flexibility index (Phi) is 3.23. The first kappa shape index (κ1) is 10.2. The first-order valence-corrected chi connectivity index (χ1v) is 6.15. The molecule has 0 amide bonds. The van der Waals surface area contributed by atoms with Gasteiger partial charge in [0, 0.05) is 13.1 Å². The van der Waals surface area contributed by atoms with Gasteiger partial charge in [-0.05, 0) is 25.7 Å². The molecule has 1 aromatic heterocycles. The highest BCUT2D eigenvalue weighted by atomic mass is 35.5. The van der Waals surface area contributed by atoms with E-state index in [9.17, 15) is 0 Å². The number of hydrogen-bond acceptors (Lipinski definition) is 4. The monoisotopic (exact) mass is 231 g/mol. The second-order valence-corrected chi connectivity index (χ2v) is 4.60. The Bertz CT molecular complexity index is 298. The minimum Gasteiger partial charge on any atom is -0.353 e. The van der Waals surface area contributed by atoms with E-state index in [-0.39, 0.29) is 0 Å². The van der Waals surface area contributed by atoms with Gasteiger partial charge in [-0.3, -0.25) is 0 Å². The zero-order chi connectivity index (χ0) is 9.97. The van der Waals surface area contributed by atoms with Crippen molar-refractivity contribution in [3.05, 3.63) is 5.15 Å². The lowest BCUT2D eigenvalue weighted by Gasteiger charge is -2.31.